The predicted octanol–water partition coefficient (Wildman–Crippen LogP) is -0.766. The van der Waals surface area contributed by atoms with Crippen LogP contribution in [0.3, 0.4) is 0 Å². The summed E-state index contributed by atoms with van der Waals surface area (Å²) in [6.07, 6.45) is 0.0432. The molecule has 1 unspecified atom stereocenters. The molecule has 0 aromatic heterocycles. The maximum atomic E-state index is 10.4. The van der Waals surface area contributed by atoms with Gasteiger partial charge in [0.25, 0.3) is 0 Å². The van der Waals surface area contributed by atoms with E-state index in [0.717, 1.165) is 0 Å². The van der Waals surface area contributed by atoms with Crippen LogP contribution >= 0.6 is 0 Å². The van der Waals surface area contributed by atoms with Crippen molar-refractivity contribution in [3.63, 3.8) is 0 Å². The van der Waals surface area contributed by atoms with Gasteiger partial charge in [-0.3, -0.25) is 0 Å². The molecule has 0 spiro atoms. The summed E-state index contributed by atoms with van der Waals surface area (Å²) in [4.78, 5) is 0. The van der Waals surface area contributed by atoms with Crippen molar-refractivity contribution >= 4 is 10.9 Å². The van der Waals surface area contributed by atoms with Gasteiger partial charge in [-0.05, 0) is 6.92 Å². The van der Waals surface area contributed by atoms with Gasteiger partial charge in [0.2, 0.25) is 10.9 Å². The van der Waals surface area contributed by atoms with Crippen molar-refractivity contribution in [2.75, 3.05) is 19.7 Å². The van der Waals surface area contributed by atoms with Crippen LogP contribution in [0.2, 0.25) is 0 Å². The summed E-state index contributed by atoms with van der Waals surface area (Å²) in [5.74, 6) is 0. The van der Waals surface area contributed by atoms with E-state index in [9.17, 15) is 8.42 Å². The zero-order chi connectivity index (χ0) is 7.56. The summed E-state index contributed by atoms with van der Waals surface area (Å²) in [6.45, 7) is 3.39. The van der Waals surface area contributed by atoms with Crippen LogP contribution in [0.4, 0.5) is 0 Å². The van der Waals surface area contributed by atoms with Crippen molar-refractivity contribution in [2.24, 2.45) is 0 Å². The number of rotatable bonds is 1. The lowest BCUT2D eigenvalue weighted by Gasteiger charge is -2.25. The third-order valence-electron chi connectivity index (χ3n) is 1.45. The lowest BCUT2D eigenvalue weighted by Crippen LogP contribution is -2.39. The first-order chi connectivity index (χ1) is 4.70. The molecule has 1 atom stereocenters. The molecule has 4 nitrogen and oxygen atoms in total. The fraction of sp³-hybridized carbons (Fsp3) is 1.00. The lowest BCUT2D eigenvalue weighted by atomic mass is 10.3. The first kappa shape index (κ1) is 7.97. The molecule has 1 rings (SSSR count). The monoisotopic (exact) mass is 165 g/mol. The molecule has 0 radical (unpaired) electrons. The second-order valence-electron chi connectivity index (χ2n) is 2.33. The highest BCUT2D eigenvalue weighted by Crippen LogP contribution is 2.02. The Morgan fingerprint density at radius 2 is 2.30 bits per heavy atom. The zero-order valence-electron chi connectivity index (χ0n) is 5.82. The molecule has 1 aliphatic heterocycles. The Balaban J connectivity index is 2.47. The molecule has 10 heavy (non-hydrogen) atoms. The van der Waals surface area contributed by atoms with Crippen LogP contribution in [0, 0.1) is 0 Å². The highest BCUT2D eigenvalue weighted by Gasteiger charge is 2.17. The number of hydrogen-bond donors (Lipinski definition) is 1. The third kappa shape index (κ3) is 1.93. The van der Waals surface area contributed by atoms with E-state index >= 15 is 0 Å². The Kier molecular flexibility index (Phi) is 2.64. The normalized spacial score (nSPS) is 29.2. The second-order valence-corrected chi connectivity index (χ2v) is 3.37. The summed E-state index contributed by atoms with van der Waals surface area (Å²) in [5, 5.41) is 0. The van der Waals surface area contributed by atoms with Crippen molar-refractivity contribution in [3.8, 4) is 0 Å². The quantitative estimate of drug-likeness (QED) is 0.519. The molecule has 0 amide bonds. The molecule has 1 saturated heterocycles. The average Bonchev–Trinajstić information content (AvgIpc) is 1.88. The molecule has 0 aliphatic carbocycles. The number of thiol groups is 1. The predicted molar refractivity (Wildman–Crippen MR) is 37.3 cm³/mol. The fourth-order valence-corrected chi connectivity index (χ4v) is 1.56. The molecule has 0 saturated carbocycles. The smallest absolute Gasteiger partial charge is 0.204 e. The molecule has 5 heteroatoms. The van der Waals surface area contributed by atoms with Gasteiger partial charge in [0.15, 0.2) is 0 Å². The topological polar surface area (TPSA) is 46.6 Å². The fourth-order valence-electron chi connectivity index (χ4n) is 0.948. The third-order valence-corrected chi connectivity index (χ3v) is 2.28. The summed E-state index contributed by atoms with van der Waals surface area (Å²) < 4.78 is 27.4. The number of nitrogens with zero attached hydrogens (tertiary/aromatic N) is 1. The van der Waals surface area contributed by atoms with E-state index in [1.807, 2.05) is 6.92 Å². The highest BCUT2D eigenvalue weighted by molar-refractivity contribution is 7.69. The maximum absolute atomic E-state index is 10.4. The maximum Gasteiger partial charge on any atom is 0.204 e. The van der Waals surface area contributed by atoms with Crippen molar-refractivity contribution < 1.29 is 13.2 Å². The largest absolute Gasteiger partial charge is 0.376 e. The molecule has 0 bridgehead atoms. The summed E-state index contributed by atoms with van der Waals surface area (Å²) in [7, 11) is -2.39. The Hall–Kier alpha value is -0.130. The Labute approximate surface area is 61.9 Å². The molecule has 0 aromatic carbocycles. The SMILES string of the molecule is CC1CN([SH](=O)=O)CCO1. The van der Waals surface area contributed by atoms with Crippen molar-refractivity contribution in [1.82, 2.24) is 4.31 Å². The Morgan fingerprint density at radius 3 is 2.70 bits per heavy atom. The van der Waals surface area contributed by atoms with E-state index in [1.54, 1.807) is 0 Å². The summed E-state index contributed by atoms with van der Waals surface area (Å²) in [6, 6.07) is 0. The van der Waals surface area contributed by atoms with E-state index in [1.165, 1.54) is 4.31 Å². The van der Waals surface area contributed by atoms with Crippen LogP contribution in [0.1, 0.15) is 6.92 Å². The Bertz CT molecular complexity index is 172. The van der Waals surface area contributed by atoms with Crippen LogP contribution in [0.15, 0.2) is 0 Å². The molecule has 0 aromatic rings. The van der Waals surface area contributed by atoms with Crippen molar-refractivity contribution in [2.45, 2.75) is 13.0 Å². The first-order valence-corrected chi connectivity index (χ1v) is 4.34. The van der Waals surface area contributed by atoms with Gasteiger partial charge in [-0.15, -0.1) is 0 Å². The van der Waals surface area contributed by atoms with E-state index < -0.39 is 10.9 Å². The van der Waals surface area contributed by atoms with Crippen LogP contribution in [0.5, 0.6) is 0 Å². The van der Waals surface area contributed by atoms with Gasteiger partial charge in [-0.2, -0.15) is 4.31 Å². The highest BCUT2D eigenvalue weighted by atomic mass is 32.2. The molecular formula is C5H11NO3S. The van der Waals surface area contributed by atoms with E-state index in [0.29, 0.717) is 19.7 Å². The first-order valence-electron chi connectivity index (χ1n) is 3.21. The molecular weight excluding hydrogens is 154 g/mol. The van der Waals surface area contributed by atoms with Gasteiger partial charge in [0.05, 0.1) is 12.7 Å². The zero-order valence-corrected chi connectivity index (χ0v) is 6.71. The second kappa shape index (κ2) is 3.32. The van der Waals surface area contributed by atoms with Gasteiger partial charge in [0.1, 0.15) is 0 Å². The van der Waals surface area contributed by atoms with Crippen LogP contribution in [-0.2, 0) is 15.6 Å². The minimum atomic E-state index is -2.39. The Morgan fingerprint density at radius 1 is 1.60 bits per heavy atom. The van der Waals surface area contributed by atoms with Gasteiger partial charge >= 0.3 is 0 Å². The number of hydrogen-bond acceptors (Lipinski definition) is 3. The molecule has 1 aliphatic rings. The van der Waals surface area contributed by atoms with Gasteiger partial charge < -0.3 is 4.74 Å². The van der Waals surface area contributed by atoms with Crippen LogP contribution in [0.25, 0.3) is 0 Å². The number of ether oxygens (including phenoxy) is 1. The standard InChI is InChI=1S/C5H11NO3S/c1-5-4-6(10(7)8)2-3-9-5/h5,10H,2-4H2,1H3. The van der Waals surface area contributed by atoms with E-state index in [-0.39, 0.29) is 6.10 Å². The van der Waals surface area contributed by atoms with Gasteiger partial charge in [-0.1, -0.05) is 0 Å². The van der Waals surface area contributed by atoms with E-state index in [2.05, 4.69) is 0 Å². The van der Waals surface area contributed by atoms with Gasteiger partial charge in [0, 0.05) is 13.1 Å². The van der Waals surface area contributed by atoms with E-state index in [4.69, 9.17) is 4.74 Å². The average molecular weight is 165 g/mol. The molecule has 1 heterocycles. The minimum Gasteiger partial charge on any atom is -0.376 e. The summed E-state index contributed by atoms with van der Waals surface area (Å²) in [5.41, 5.74) is 0. The van der Waals surface area contributed by atoms with Crippen LogP contribution in [-0.4, -0.2) is 38.5 Å². The van der Waals surface area contributed by atoms with Crippen molar-refractivity contribution in [1.29, 1.82) is 0 Å². The van der Waals surface area contributed by atoms with Crippen LogP contribution < -0.4 is 0 Å². The molecule has 60 valence electrons. The minimum absolute atomic E-state index is 0.0432. The lowest BCUT2D eigenvalue weighted by molar-refractivity contribution is 0.0113. The number of morpholine rings is 1. The van der Waals surface area contributed by atoms with Crippen molar-refractivity contribution in [3.05, 3.63) is 0 Å². The summed E-state index contributed by atoms with van der Waals surface area (Å²) >= 11 is 0. The molecule has 1 fully saturated rings. The molecule has 0 N–H and O–H groups in total. The van der Waals surface area contributed by atoms with Gasteiger partial charge in [-0.25, -0.2) is 8.42 Å².